The molecule has 0 radical (unpaired) electrons. The summed E-state index contributed by atoms with van der Waals surface area (Å²) in [7, 11) is 0. The third kappa shape index (κ3) is 6.45. The van der Waals surface area contributed by atoms with Gasteiger partial charge in [0.25, 0.3) is 0 Å². The molecule has 0 aromatic heterocycles. The number of carboxylic acid groups (broad SMARTS) is 1. The Labute approximate surface area is 151 Å². The Bertz CT molecular complexity index is 533. The normalized spacial score (nSPS) is 20.6. The van der Waals surface area contributed by atoms with Gasteiger partial charge in [-0.05, 0) is 55.2 Å². The summed E-state index contributed by atoms with van der Waals surface area (Å²) in [4.78, 5) is 10.9. The topological polar surface area (TPSA) is 37.3 Å². The first kappa shape index (κ1) is 19.9. The maximum Gasteiger partial charge on any atom is 0.338 e. The second-order valence-corrected chi connectivity index (χ2v) is 7.67. The molecule has 1 fully saturated rings. The fourth-order valence-electron chi connectivity index (χ4n) is 4.13. The number of rotatable bonds is 10. The van der Waals surface area contributed by atoms with Crippen molar-refractivity contribution in [1.82, 2.24) is 0 Å². The fraction of sp³-hybridized carbons (Fsp3) is 0.682. The molecule has 0 amide bonds. The van der Waals surface area contributed by atoms with Crippen molar-refractivity contribution < 1.29 is 14.3 Å². The van der Waals surface area contributed by atoms with Gasteiger partial charge in [-0.1, -0.05) is 64.4 Å². The number of benzene rings is 1. The van der Waals surface area contributed by atoms with Gasteiger partial charge in [0.05, 0.1) is 5.56 Å². The molecular formula is C22H33FO2. The average molecular weight is 349 g/mol. The molecule has 0 spiro atoms. The lowest BCUT2D eigenvalue weighted by Crippen LogP contribution is -2.14. The predicted molar refractivity (Wildman–Crippen MR) is 101 cm³/mol. The highest BCUT2D eigenvalue weighted by molar-refractivity contribution is 5.87. The van der Waals surface area contributed by atoms with Gasteiger partial charge in [-0.3, -0.25) is 0 Å². The standard InChI is InChI=1S/C22H33FO2/c1-2-3-4-5-6-7-8-9-17-10-12-18(13-11-17)19-14-15-20(22(24)25)21(23)16-19/h14-18H,2-13H2,1H3,(H,24,25). The second-order valence-electron chi connectivity index (χ2n) is 7.67. The summed E-state index contributed by atoms with van der Waals surface area (Å²) < 4.78 is 13.9. The molecule has 2 rings (SSSR count). The van der Waals surface area contributed by atoms with E-state index in [2.05, 4.69) is 6.92 Å². The van der Waals surface area contributed by atoms with Crippen molar-refractivity contribution in [1.29, 1.82) is 0 Å². The number of carboxylic acids is 1. The number of carbonyl (C=O) groups is 1. The summed E-state index contributed by atoms with van der Waals surface area (Å²) in [6.45, 7) is 2.26. The van der Waals surface area contributed by atoms with Crippen molar-refractivity contribution in [3.05, 3.63) is 35.1 Å². The highest BCUT2D eigenvalue weighted by Crippen LogP contribution is 2.38. The van der Waals surface area contributed by atoms with Gasteiger partial charge < -0.3 is 5.11 Å². The van der Waals surface area contributed by atoms with E-state index in [-0.39, 0.29) is 5.56 Å². The van der Waals surface area contributed by atoms with Crippen LogP contribution in [0.4, 0.5) is 4.39 Å². The van der Waals surface area contributed by atoms with E-state index in [1.165, 1.54) is 76.3 Å². The molecule has 1 aromatic carbocycles. The molecule has 1 aromatic rings. The van der Waals surface area contributed by atoms with E-state index < -0.39 is 11.8 Å². The lowest BCUT2D eigenvalue weighted by molar-refractivity contribution is 0.0692. The van der Waals surface area contributed by atoms with Crippen LogP contribution in [0.3, 0.4) is 0 Å². The van der Waals surface area contributed by atoms with E-state index in [1.807, 2.05) is 0 Å². The fourth-order valence-corrected chi connectivity index (χ4v) is 4.13. The van der Waals surface area contributed by atoms with E-state index in [9.17, 15) is 9.18 Å². The maximum absolute atomic E-state index is 13.9. The van der Waals surface area contributed by atoms with Crippen LogP contribution < -0.4 is 0 Å². The van der Waals surface area contributed by atoms with Crippen LogP contribution in [0.1, 0.15) is 106 Å². The van der Waals surface area contributed by atoms with E-state index in [0.717, 1.165) is 24.3 Å². The minimum absolute atomic E-state index is 0.226. The molecule has 1 saturated carbocycles. The van der Waals surface area contributed by atoms with Gasteiger partial charge in [0.15, 0.2) is 0 Å². The molecular weight excluding hydrogens is 315 g/mol. The SMILES string of the molecule is CCCCCCCCCC1CCC(c2ccc(C(=O)O)c(F)c2)CC1. The van der Waals surface area contributed by atoms with Crippen LogP contribution in [0.5, 0.6) is 0 Å². The Kier molecular flexibility index (Phi) is 8.43. The summed E-state index contributed by atoms with van der Waals surface area (Å²) in [6.07, 6.45) is 15.6. The van der Waals surface area contributed by atoms with Crippen molar-refractivity contribution in [3.8, 4) is 0 Å². The van der Waals surface area contributed by atoms with Crippen LogP contribution in [0.15, 0.2) is 18.2 Å². The Hall–Kier alpha value is -1.38. The van der Waals surface area contributed by atoms with E-state index >= 15 is 0 Å². The molecule has 3 heteroatoms. The number of unbranched alkanes of at least 4 members (excludes halogenated alkanes) is 6. The molecule has 0 heterocycles. The van der Waals surface area contributed by atoms with Crippen molar-refractivity contribution in [2.24, 2.45) is 5.92 Å². The number of aromatic carboxylic acids is 1. The van der Waals surface area contributed by atoms with Crippen molar-refractivity contribution in [2.45, 2.75) is 89.9 Å². The molecule has 1 aliphatic carbocycles. The van der Waals surface area contributed by atoms with Crippen LogP contribution in [-0.2, 0) is 0 Å². The Morgan fingerprint density at radius 3 is 2.28 bits per heavy atom. The lowest BCUT2D eigenvalue weighted by Gasteiger charge is -2.29. The van der Waals surface area contributed by atoms with Crippen LogP contribution in [0, 0.1) is 11.7 Å². The lowest BCUT2D eigenvalue weighted by atomic mass is 9.77. The van der Waals surface area contributed by atoms with E-state index in [0.29, 0.717) is 5.92 Å². The van der Waals surface area contributed by atoms with Gasteiger partial charge in [-0.25, -0.2) is 9.18 Å². The minimum Gasteiger partial charge on any atom is -0.478 e. The van der Waals surface area contributed by atoms with Crippen molar-refractivity contribution in [3.63, 3.8) is 0 Å². The van der Waals surface area contributed by atoms with Gasteiger partial charge in [-0.15, -0.1) is 0 Å². The molecule has 1 N–H and O–H groups in total. The maximum atomic E-state index is 13.9. The van der Waals surface area contributed by atoms with E-state index in [4.69, 9.17) is 5.11 Å². The van der Waals surface area contributed by atoms with Crippen molar-refractivity contribution in [2.75, 3.05) is 0 Å². The zero-order valence-corrected chi connectivity index (χ0v) is 15.6. The van der Waals surface area contributed by atoms with Crippen LogP contribution in [0.2, 0.25) is 0 Å². The largest absolute Gasteiger partial charge is 0.478 e. The molecule has 1 aliphatic rings. The third-order valence-corrected chi connectivity index (χ3v) is 5.76. The zero-order chi connectivity index (χ0) is 18.1. The van der Waals surface area contributed by atoms with Gasteiger partial charge in [0, 0.05) is 0 Å². The Balaban J connectivity index is 1.68. The summed E-state index contributed by atoms with van der Waals surface area (Å²) >= 11 is 0. The molecule has 0 aliphatic heterocycles. The number of hydrogen-bond acceptors (Lipinski definition) is 1. The van der Waals surface area contributed by atoms with Gasteiger partial charge >= 0.3 is 5.97 Å². The van der Waals surface area contributed by atoms with Crippen molar-refractivity contribution >= 4 is 5.97 Å². The smallest absolute Gasteiger partial charge is 0.338 e. The molecule has 140 valence electrons. The van der Waals surface area contributed by atoms with Crippen LogP contribution in [-0.4, -0.2) is 11.1 Å². The summed E-state index contributed by atoms with van der Waals surface area (Å²) in [5.41, 5.74) is 0.744. The number of hydrogen-bond donors (Lipinski definition) is 1. The Morgan fingerprint density at radius 1 is 1.04 bits per heavy atom. The first-order chi connectivity index (χ1) is 12.1. The highest BCUT2D eigenvalue weighted by atomic mass is 19.1. The van der Waals surface area contributed by atoms with Crippen LogP contribution >= 0.6 is 0 Å². The molecule has 0 unspecified atom stereocenters. The molecule has 2 nitrogen and oxygen atoms in total. The minimum atomic E-state index is -1.19. The van der Waals surface area contributed by atoms with Gasteiger partial charge in [-0.2, -0.15) is 0 Å². The number of halogens is 1. The first-order valence-corrected chi connectivity index (χ1v) is 10.1. The monoisotopic (exact) mass is 348 g/mol. The second kappa shape index (κ2) is 10.6. The summed E-state index contributed by atoms with van der Waals surface area (Å²) in [5.74, 6) is -0.574. The quantitative estimate of drug-likeness (QED) is 0.465. The summed E-state index contributed by atoms with van der Waals surface area (Å²) in [5, 5.41) is 8.92. The Morgan fingerprint density at radius 2 is 1.68 bits per heavy atom. The third-order valence-electron chi connectivity index (χ3n) is 5.76. The molecule has 25 heavy (non-hydrogen) atoms. The van der Waals surface area contributed by atoms with E-state index in [1.54, 1.807) is 6.07 Å². The first-order valence-electron chi connectivity index (χ1n) is 10.1. The zero-order valence-electron chi connectivity index (χ0n) is 15.6. The summed E-state index contributed by atoms with van der Waals surface area (Å²) in [6, 6.07) is 4.65. The highest BCUT2D eigenvalue weighted by Gasteiger charge is 2.23. The molecule has 0 atom stereocenters. The average Bonchev–Trinajstić information content (AvgIpc) is 2.61. The molecule has 0 saturated heterocycles. The van der Waals surface area contributed by atoms with Crippen LogP contribution in [0.25, 0.3) is 0 Å². The predicted octanol–water partition coefficient (Wildman–Crippen LogP) is 6.94. The van der Waals surface area contributed by atoms with Gasteiger partial charge in [0.1, 0.15) is 5.82 Å². The molecule has 0 bridgehead atoms. The van der Waals surface area contributed by atoms with Gasteiger partial charge in [0.2, 0.25) is 0 Å².